The van der Waals surface area contributed by atoms with Gasteiger partial charge in [0.1, 0.15) is 9.77 Å². The fourth-order valence-electron chi connectivity index (χ4n) is 1.86. The normalized spacial score (nSPS) is 17.6. The van der Waals surface area contributed by atoms with E-state index >= 15 is 0 Å². The van der Waals surface area contributed by atoms with Crippen LogP contribution in [0, 0.1) is 0 Å². The van der Waals surface area contributed by atoms with Crippen molar-refractivity contribution >= 4 is 43.3 Å². The fourth-order valence-corrected chi connectivity index (χ4v) is 5.48. The van der Waals surface area contributed by atoms with Gasteiger partial charge in [0.15, 0.2) is 0 Å². The molecule has 0 aliphatic heterocycles. The molecule has 0 bridgehead atoms. The number of methoxy groups -OCH3 is 1. The van der Waals surface area contributed by atoms with Crippen LogP contribution in [0.4, 0.5) is 0 Å². The van der Waals surface area contributed by atoms with E-state index < -0.39 is 21.5 Å². The van der Waals surface area contributed by atoms with E-state index in [4.69, 9.17) is 5.73 Å². The lowest BCUT2D eigenvalue weighted by molar-refractivity contribution is 0.0606. The Morgan fingerprint density at radius 1 is 1.60 bits per heavy atom. The molecule has 1 saturated carbocycles. The number of halogens is 1. The molecular formula is C11H15BrN2O4S2. The average molecular weight is 383 g/mol. The second-order valence-corrected chi connectivity index (χ2v) is 8.89. The summed E-state index contributed by atoms with van der Waals surface area (Å²) in [5, 5.41) is 0. The zero-order valence-corrected chi connectivity index (χ0v) is 14.0. The monoisotopic (exact) mass is 382 g/mol. The molecule has 0 spiro atoms. The topological polar surface area (TPSA) is 98.5 Å². The summed E-state index contributed by atoms with van der Waals surface area (Å²) in [5.74, 6) is -0.563. The van der Waals surface area contributed by atoms with E-state index in [-0.39, 0.29) is 16.3 Å². The number of carbonyl (C=O) groups is 1. The molecule has 20 heavy (non-hydrogen) atoms. The van der Waals surface area contributed by atoms with Crippen LogP contribution in [0.3, 0.4) is 0 Å². The molecule has 0 radical (unpaired) electrons. The number of carbonyl (C=O) groups excluding carboxylic acids is 1. The van der Waals surface area contributed by atoms with Crippen LogP contribution in [-0.2, 0) is 14.8 Å². The second kappa shape index (κ2) is 5.72. The summed E-state index contributed by atoms with van der Waals surface area (Å²) in [4.78, 5) is 11.7. The van der Waals surface area contributed by atoms with Gasteiger partial charge in [-0.25, -0.2) is 17.9 Å². The molecule has 0 amide bonds. The van der Waals surface area contributed by atoms with E-state index in [2.05, 4.69) is 25.4 Å². The third-order valence-electron chi connectivity index (χ3n) is 3.30. The standard InChI is InChI=1S/C11H15BrN2O4S2/c1-18-10(15)7-5-8(9(12)19-7)20(16,17)14-6-11(13)3-2-4-11/h5,14H,2-4,6,13H2,1H3. The SMILES string of the molecule is COC(=O)c1cc(S(=O)(=O)NCC2(N)CCC2)c(Br)s1. The Balaban J connectivity index is 2.16. The highest BCUT2D eigenvalue weighted by molar-refractivity contribution is 9.11. The summed E-state index contributed by atoms with van der Waals surface area (Å²) in [5.41, 5.74) is 5.55. The van der Waals surface area contributed by atoms with Gasteiger partial charge in [0.05, 0.1) is 10.9 Å². The summed E-state index contributed by atoms with van der Waals surface area (Å²) >= 11 is 4.18. The van der Waals surface area contributed by atoms with Gasteiger partial charge in [-0.15, -0.1) is 11.3 Å². The number of rotatable bonds is 5. The maximum absolute atomic E-state index is 12.2. The Kier molecular flexibility index (Phi) is 4.55. The minimum Gasteiger partial charge on any atom is -0.465 e. The van der Waals surface area contributed by atoms with E-state index in [0.29, 0.717) is 3.79 Å². The molecule has 9 heteroatoms. The van der Waals surface area contributed by atoms with Crippen LogP contribution in [0.2, 0.25) is 0 Å². The minimum absolute atomic E-state index is 0.0332. The lowest BCUT2D eigenvalue weighted by Crippen LogP contribution is -2.54. The lowest BCUT2D eigenvalue weighted by atomic mass is 9.78. The van der Waals surface area contributed by atoms with Gasteiger partial charge in [-0.1, -0.05) is 0 Å². The molecule has 1 aliphatic carbocycles. The zero-order valence-electron chi connectivity index (χ0n) is 10.8. The quantitative estimate of drug-likeness (QED) is 0.750. The molecule has 2 rings (SSSR count). The molecule has 1 aromatic heterocycles. The van der Waals surface area contributed by atoms with Crippen LogP contribution in [0.15, 0.2) is 14.7 Å². The predicted octanol–water partition coefficient (Wildman–Crippen LogP) is 1.46. The van der Waals surface area contributed by atoms with Gasteiger partial charge >= 0.3 is 5.97 Å². The number of ether oxygens (including phenoxy) is 1. The Hall–Kier alpha value is -0.480. The van der Waals surface area contributed by atoms with Crippen LogP contribution in [0.1, 0.15) is 28.9 Å². The first kappa shape index (κ1) is 15.9. The Labute approximate surface area is 129 Å². The molecule has 0 saturated heterocycles. The van der Waals surface area contributed by atoms with Crippen molar-refractivity contribution < 1.29 is 17.9 Å². The largest absolute Gasteiger partial charge is 0.465 e. The third-order valence-corrected chi connectivity index (χ3v) is 6.93. The molecule has 1 aromatic rings. The molecule has 1 aliphatic rings. The summed E-state index contributed by atoms with van der Waals surface area (Å²) in [6, 6.07) is 1.30. The highest BCUT2D eigenvalue weighted by Crippen LogP contribution is 2.33. The smallest absolute Gasteiger partial charge is 0.348 e. The average Bonchev–Trinajstić information content (AvgIpc) is 2.76. The summed E-state index contributed by atoms with van der Waals surface area (Å²) in [6.07, 6.45) is 2.65. The van der Waals surface area contributed by atoms with E-state index in [9.17, 15) is 13.2 Å². The van der Waals surface area contributed by atoms with Crippen molar-refractivity contribution in [2.45, 2.75) is 29.7 Å². The van der Waals surface area contributed by atoms with Gasteiger partial charge in [-0.3, -0.25) is 0 Å². The van der Waals surface area contributed by atoms with Crippen molar-refractivity contribution in [3.8, 4) is 0 Å². The second-order valence-electron chi connectivity index (χ2n) is 4.78. The van der Waals surface area contributed by atoms with Gasteiger partial charge in [0.2, 0.25) is 10.0 Å². The predicted molar refractivity (Wildman–Crippen MR) is 79.3 cm³/mol. The van der Waals surface area contributed by atoms with Crippen LogP contribution >= 0.6 is 27.3 Å². The molecule has 6 nitrogen and oxygen atoms in total. The number of esters is 1. The van der Waals surface area contributed by atoms with Crippen molar-refractivity contribution in [1.29, 1.82) is 0 Å². The van der Waals surface area contributed by atoms with Crippen LogP contribution < -0.4 is 10.5 Å². The van der Waals surface area contributed by atoms with Crippen LogP contribution in [0.25, 0.3) is 0 Å². The Morgan fingerprint density at radius 2 is 2.25 bits per heavy atom. The van der Waals surface area contributed by atoms with E-state index in [1.165, 1.54) is 13.2 Å². The summed E-state index contributed by atoms with van der Waals surface area (Å²) in [6.45, 7) is 0.200. The first-order chi connectivity index (χ1) is 9.27. The molecule has 0 unspecified atom stereocenters. The van der Waals surface area contributed by atoms with Crippen molar-refractivity contribution in [2.24, 2.45) is 5.73 Å². The molecule has 1 fully saturated rings. The zero-order chi connectivity index (χ0) is 15.0. The van der Waals surface area contributed by atoms with Gasteiger partial charge in [-0.2, -0.15) is 0 Å². The summed E-state index contributed by atoms with van der Waals surface area (Å²) < 4.78 is 31.9. The van der Waals surface area contributed by atoms with Crippen molar-refractivity contribution in [3.63, 3.8) is 0 Å². The van der Waals surface area contributed by atoms with Gasteiger partial charge < -0.3 is 10.5 Å². The van der Waals surface area contributed by atoms with Crippen molar-refractivity contribution in [2.75, 3.05) is 13.7 Å². The fraction of sp³-hybridized carbons (Fsp3) is 0.545. The van der Waals surface area contributed by atoms with E-state index in [0.717, 1.165) is 30.6 Å². The molecular weight excluding hydrogens is 368 g/mol. The molecule has 1 heterocycles. The number of thiophene rings is 1. The molecule has 3 N–H and O–H groups in total. The third kappa shape index (κ3) is 3.22. The van der Waals surface area contributed by atoms with Crippen molar-refractivity contribution in [1.82, 2.24) is 4.72 Å². The first-order valence-electron chi connectivity index (χ1n) is 5.94. The number of hydrogen-bond acceptors (Lipinski definition) is 6. The van der Waals surface area contributed by atoms with Gasteiger partial charge in [0, 0.05) is 12.1 Å². The van der Waals surface area contributed by atoms with Crippen LogP contribution in [0.5, 0.6) is 0 Å². The van der Waals surface area contributed by atoms with Crippen molar-refractivity contribution in [3.05, 3.63) is 14.7 Å². The lowest BCUT2D eigenvalue weighted by Gasteiger charge is -2.37. The molecule has 112 valence electrons. The van der Waals surface area contributed by atoms with E-state index in [1.807, 2.05) is 0 Å². The number of sulfonamides is 1. The number of hydrogen-bond donors (Lipinski definition) is 2. The van der Waals surface area contributed by atoms with E-state index in [1.54, 1.807) is 0 Å². The first-order valence-corrected chi connectivity index (χ1v) is 9.03. The number of nitrogens with two attached hydrogens (primary N) is 1. The number of nitrogens with one attached hydrogen (secondary N) is 1. The molecule has 0 aromatic carbocycles. The van der Waals surface area contributed by atoms with Gasteiger partial charge in [0.25, 0.3) is 0 Å². The summed E-state index contributed by atoms with van der Waals surface area (Å²) in [7, 11) is -2.45. The minimum atomic E-state index is -3.70. The maximum Gasteiger partial charge on any atom is 0.348 e. The highest BCUT2D eigenvalue weighted by Gasteiger charge is 2.34. The Morgan fingerprint density at radius 3 is 2.75 bits per heavy atom. The van der Waals surface area contributed by atoms with Crippen LogP contribution in [-0.4, -0.2) is 33.6 Å². The van der Waals surface area contributed by atoms with Gasteiger partial charge in [-0.05, 0) is 41.3 Å². The highest BCUT2D eigenvalue weighted by atomic mass is 79.9. The molecule has 0 atom stereocenters. The maximum atomic E-state index is 12.2. The Bertz CT molecular complexity index is 622.